The highest BCUT2D eigenvalue weighted by atomic mass is 35.5. The van der Waals surface area contributed by atoms with Gasteiger partial charge in [0.25, 0.3) is 16.8 Å². The fourth-order valence-electron chi connectivity index (χ4n) is 3.20. The van der Waals surface area contributed by atoms with E-state index in [-0.39, 0.29) is 33.8 Å². The number of nitrogens with zero attached hydrogens (tertiary/aromatic N) is 3. The van der Waals surface area contributed by atoms with Crippen molar-refractivity contribution in [1.29, 1.82) is 0 Å². The van der Waals surface area contributed by atoms with Crippen molar-refractivity contribution in [2.75, 3.05) is 32.8 Å². The summed E-state index contributed by atoms with van der Waals surface area (Å²) in [5.41, 5.74) is 0.179. The van der Waals surface area contributed by atoms with Gasteiger partial charge in [-0.3, -0.25) is 29.4 Å². The van der Waals surface area contributed by atoms with Crippen LogP contribution in [0, 0.1) is 10.1 Å². The van der Waals surface area contributed by atoms with Crippen molar-refractivity contribution in [3.8, 4) is 11.3 Å². The molecule has 2 saturated heterocycles. The average molecular weight is 478 g/mol. The second-order valence-electron chi connectivity index (χ2n) is 6.89. The Morgan fingerprint density at radius 3 is 2.69 bits per heavy atom. The predicted molar refractivity (Wildman–Crippen MR) is 116 cm³/mol. The minimum Gasteiger partial charge on any atom is -0.457 e. The molecule has 2 aromatic rings. The van der Waals surface area contributed by atoms with Crippen molar-refractivity contribution in [3.05, 3.63) is 56.1 Å². The Morgan fingerprint density at radius 1 is 1.22 bits per heavy atom. The molecule has 0 atom stereocenters. The van der Waals surface area contributed by atoms with Gasteiger partial charge in [0, 0.05) is 30.8 Å². The summed E-state index contributed by atoms with van der Waals surface area (Å²) < 4.78 is 10.9. The van der Waals surface area contributed by atoms with Gasteiger partial charge in [-0.2, -0.15) is 0 Å². The Labute approximate surface area is 190 Å². The monoisotopic (exact) mass is 477 g/mol. The summed E-state index contributed by atoms with van der Waals surface area (Å²) in [5.74, 6) is -0.288. The van der Waals surface area contributed by atoms with Crippen molar-refractivity contribution < 1.29 is 28.5 Å². The Bertz CT molecular complexity index is 1140. The third-order valence-electron chi connectivity index (χ3n) is 4.86. The molecule has 0 saturated carbocycles. The van der Waals surface area contributed by atoms with Gasteiger partial charge < -0.3 is 14.1 Å². The molecule has 1 aromatic carbocycles. The van der Waals surface area contributed by atoms with Crippen LogP contribution >= 0.6 is 23.4 Å². The molecule has 10 nitrogen and oxygen atoms in total. The minimum absolute atomic E-state index is 0.00540. The molecule has 0 unspecified atom stereocenters. The molecule has 0 spiro atoms. The van der Waals surface area contributed by atoms with Gasteiger partial charge in [0.05, 0.1) is 23.0 Å². The fourth-order valence-corrected chi connectivity index (χ4v) is 4.21. The zero-order chi connectivity index (χ0) is 22.8. The summed E-state index contributed by atoms with van der Waals surface area (Å²) in [7, 11) is 0. The number of nitro groups is 1. The number of morpholine rings is 1. The summed E-state index contributed by atoms with van der Waals surface area (Å²) in [6, 6.07) is 7.42. The third-order valence-corrected chi connectivity index (χ3v) is 6.09. The Morgan fingerprint density at radius 2 is 1.97 bits per heavy atom. The number of benzene rings is 1. The summed E-state index contributed by atoms with van der Waals surface area (Å²) in [6.45, 7) is 1.35. The topological polar surface area (TPSA) is 123 Å². The SMILES string of the molecule is O=C(CN1C(=O)S/C(=C\c2ccc(-c3ccc(Cl)c([N+](=O)[O-])c3)o2)C1=O)N1CCOCC1. The van der Waals surface area contributed by atoms with E-state index < -0.39 is 16.1 Å². The number of nitro benzene ring substituents is 1. The quantitative estimate of drug-likeness (QED) is 0.364. The van der Waals surface area contributed by atoms with Crippen LogP contribution in [0.2, 0.25) is 5.02 Å². The number of hydrogen-bond acceptors (Lipinski definition) is 8. The lowest BCUT2D eigenvalue weighted by atomic mass is 10.1. The smallest absolute Gasteiger partial charge is 0.294 e. The van der Waals surface area contributed by atoms with E-state index in [9.17, 15) is 24.5 Å². The Hall–Kier alpha value is -3.15. The molecule has 3 heterocycles. The van der Waals surface area contributed by atoms with E-state index in [1.54, 1.807) is 23.1 Å². The van der Waals surface area contributed by atoms with Gasteiger partial charge in [-0.05, 0) is 36.0 Å². The number of imide groups is 1. The number of carbonyl (C=O) groups excluding carboxylic acids is 3. The van der Waals surface area contributed by atoms with E-state index in [4.69, 9.17) is 20.8 Å². The molecule has 3 amide bonds. The van der Waals surface area contributed by atoms with Crippen LogP contribution in [0.1, 0.15) is 5.76 Å². The summed E-state index contributed by atoms with van der Waals surface area (Å²) >= 11 is 6.55. The number of carbonyl (C=O) groups is 3. The van der Waals surface area contributed by atoms with E-state index in [1.807, 2.05) is 0 Å². The Kier molecular flexibility index (Phi) is 6.31. The first-order chi connectivity index (χ1) is 15.3. The molecule has 0 N–H and O–H groups in total. The minimum atomic E-state index is -0.593. The Balaban J connectivity index is 1.49. The van der Waals surface area contributed by atoms with Gasteiger partial charge in [-0.1, -0.05) is 11.6 Å². The number of amides is 3. The van der Waals surface area contributed by atoms with Crippen molar-refractivity contribution in [2.45, 2.75) is 0 Å². The first-order valence-electron chi connectivity index (χ1n) is 9.48. The lowest BCUT2D eigenvalue weighted by molar-refractivity contribution is -0.384. The van der Waals surface area contributed by atoms with Gasteiger partial charge >= 0.3 is 0 Å². The van der Waals surface area contributed by atoms with Crippen LogP contribution < -0.4 is 0 Å². The maximum Gasteiger partial charge on any atom is 0.294 e. The van der Waals surface area contributed by atoms with Crippen LogP contribution in [0.5, 0.6) is 0 Å². The highest BCUT2D eigenvalue weighted by Gasteiger charge is 2.37. The molecule has 2 aliphatic rings. The number of hydrogen-bond donors (Lipinski definition) is 0. The number of thioether (sulfide) groups is 1. The lowest BCUT2D eigenvalue weighted by Gasteiger charge is -2.27. The second kappa shape index (κ2) is 9.15. The summed E-state index contributed by atoms with van der Waals surface area (Å²) in [4.78, 5) is 50.4. The van der Waals surface area contributed by atoms with Crippen LogP contribution in [0.4, 0.5) is 10.5 Å². The zero-order valence-electron chi connectivity index (χ0n) is 16.5. The standard InChI is InChI=1S/C20H16ClN3O7S/c21-14-3-1-12(9-15(14)24(28)29)16-4-2-13(31-16)10-17-19(26)23(20(27)32-17)11-18(25)22-5-7-30-8-6-22/h1-4,9-10H,5-8,11H2/b17-10-. The predicted octanol–water partition coefficient (Wildman–Crippen LogP) is 3.40. The van der Waals surface area contributed by atoms with Gasteiger partial charge in [0.15, 0.2) is 0 Å². The highest BCUT2D eigenvalue weighted by molar-refractivity contribution is 8.18. The molecule has 2 fully saturated rings. The molecule has 0 bridgehead atoms. The van der Waals surface area contributed by atoms with Gasteiger partial charge in [-0.15, -0.1) is 0 Å². The number of furan rings is 1. The van der Waals surface area contributed by atoms with E-state index in [1.165, 1.54) is 18.2 Å². The molecule has 2 aliphatic heterocycles. The van der Waals surface area contributed by atoms with Crippen molar-refractivity contribution in [1.82, 2.24) is 9.80 Å². The zero-order valence-corrected chi connectivity index (χ0v) is 18.1. The number of ether oxygens (including phenoxy) is 1. The van der Waals surface area contributed by atoms with Crippen LogP contribution in [0.25, 0.3) is 17.4 Å². The number of halogens is 1. The third kappa shape index (κ3) is 4.54. The van der Waals surface area contributed by atoms with E-state index in [0.29, 0.717) is 49.4 Å². The van der Waals surface area contributed by atoms with E-state index >= 15 is 0 Å². The van der Waals surface area contributed by atoms with Crippen LogP contribution in [0.15, 0.2) is 39.7 Å². The van der Waals surface area contributed by atoms with E-state index in [0.717, 1.165) is 4.90 Å². The normalized spacial score (nSPS) is 18.0. The molecule has 12 heteroatoms. The van der Waals surface area contributed by atoms with Crippen molar-refractivity contribution in [2.24, 2.45) is 0 Å². The van der Waals surface area contributed by atoms with Crippen LogP contribution in [-0.2, 0) is 14.3 Å². The van der Waals surface area contributed by atoms with Crippen LogP contribution in [-0.4, -0.2) is 64.6 Å². The molecule has 166 valence electrons. The average Bonchev–Trinajstić information content (AvgIpc) is 3.35. The largest absolute Gasteiger partial charge is 0.457 e. The summed E-state index contributed by atoms with van der Waals surface area (Å²) in [5, 5.41) is 10.6. The molecular weight excluding hydrogens is 462 g/mol. The molecular formula is C20H16ClN3O7S. The molecule has 0 radical (unpaired) electrons. The van der Waals surface area contributed by atoms with Crippen LogP contribution in [0.3, 0.4) is 0 Å². The highest BCUT2D eigenvalue weighted by Crippen LogP contribution is 2.35. The summed E-state index contributed by atoms with van der Waals surface area (Å²) in [6.07, 6.45) is 1.40. The first-order valence-corrected chi connectivity index (χ1v) is 10.7. The molecule has 4 rings (SSSR count). The maximum absolute atomic E-state index is 12.7. The maximum atomic E-state index is 12.7. The molecule has 32 heavy (non-hydrogen) atoms. The van der Waals surface area contributed by atoms with Crippen molar-refractivity contribution in [3.63, 3.8) is 0 Å². The van der Waals surface area contributed by atoms with Gasteiger partial charge in [-0.25, -0.2) is 0 Å². The molecule has 1 aromatic heterocycles. The van der Waals surface area contributed by atoms with E-state index in [2.05, 4.69) is 0 Å². The molecule has 0 aliphatic carbocycles. The second-order valence-corrected chi connectivity index (χ2v) is 8.29. The fraction of sp³-hybridized carbons (Fsp3) is 0.250. The van der Waals surface area contributed by atoms with Gasteiger partial charge in [0.2, 0.25) is 5.91 Å². The van der Waals surface area contributed by atoms with Crippen molar-refractivity contribution >= 4 is 52.2 Å². The van der Waals surface area contributed by atoms with Gasteiger partial charge in [0.1, 0.15) is 23.1 Å². The lowest BCUT2D eigenvalue weighted by Crippen LogP contribution is -2.46. The first kappa shape index (κ1) is 22.1. The number of rotatable bonds is 5.